The third-order valence-corrected chi connectivity index (χ3v) is 14.7. The van der Waals surface area contributed by atoms with Gasteiger partial charge in [-0.3, -0.25) is 0 Å². The number of benzene rings is 5. The molecule has 5 aromatic carbocycles. The van der Waals surface area contributed by atoms with E-state index in [-0.39, 0.29) is 0 Å². The molecule has 0 aliphatic carbocycles. The summed E-state index contributed by atoms with van der Waals surface area (Å²) in [7, 11) is -1.76. The van der Waals surface area contributed by atoms with Gasteiger partial charge in [0.25, 0.3) is 0 Å². The first-order chi connectivity index (χ1) is 17.9. The van der Waals surface area contributed by atoms with E-state index in [1.165, 1.54) is 29.5 Å². The van der Waals surface area contributed by atoms with Gasteiger partial charge in [-0.1, -0.05) is 168 Å². The molecule has 36 heavy (non-hydrogen) atoms. The molecule has 0 aliphatic heterocycles. The number of hydrogen-bond donors (Lipinski definition) is 0. The average Bonchev–Trinajstić information content (AvgIpc) is 2.96. The highest BCUT2D eigenvalue weighted by Crippen LogP contribution is 2.22. The lowest BCUT2D eigenvalue weighted by Crippen LogP contribution is -2.49. The number of aryl methyl sites for hydroxylation is 1. The Balaban J connectivity index is 1.35. The van der Waals surface area contributed by atoms with Crippen LogP contribution in [0.15, 0.2) is 146 Å². The predicted molar refractivity (Wildman–Crippen MR) is 162 cm³/mol. The average molecular weight is 499 g/mol. The predicted octanol–water partition coefficient (Wildman–Crippen LogP) is 5.54. The van der Waals surface area contributed by atoms with Crippen molar-refractivity contribution in [3.63, 3.8) is 0 Å². The smallest absolute Gasteiger partial charge is 0.0669 e. The molecule has 1 atom stereocenters. The highest BCUT2D eigenvalue weighted by Gasteiger charge is 2.27. The summed E-state index contributed by atoms with van der Waals surface area (Å²) in [5, 5.41) is 5.58. The van der Waals surface area contributed by atoms with Crippen molar-refractivity contribution < 1.29 is 0 Å². The van der Waals surface area contributed by atoms with E-state index in [9.17, 15) is 0 Å². The number of hydrogen-bond acceptors (Lipinski definition) is 0. The van der Waals surface area contributed by atoms with Crippen molar-refractivity contribution in [1.82, 2.24) is 0 Å². The van der Waals surface area contributed by atoms with Crippen LogP contribution in [-0.2, 0) is 6.42 Å². The van der Waals surface area contributed by atoms with Gasteiger partial charge in [0, 0.05) is 0 Å². The van der Waals surface area contributed by atoms with Crippen molar-refractivity contribution in [2.45, 2.75) is 24.4 Å². The van der Waals surface area contributed by atoms with E-state index in [1.54, 1.807) is 15.6 Å². The van der Waals surface area contributed by atoms with Gasteiger partial charge in [-0.25, -0.2) is 0 Å². The second kappa shape index (κ2) is 12.5. The fraction of sp³-hybridized carbons (Fsp3) is 0.118. The van der Waals surface area contributed by atoms with E-state index >= 15 is 0 Å². The van der Waals surface area contributed by atoms with Crippen LogP contribution in [0.4, 0.5) is 0 Å². The van der Waals surface area contributed by atoms with E-state index < -0.39 is 18.3 Å². The summed E-state index contributed by atoms with van der Waals surface area (Å²) in [6.07, 6.45) is 3.71. The van der Waals surface area contributed by atoms with Crippen molar-refractivity contribution in [2.24, 2.45) is 0 Å². The van der Waals surface area contributed by atoms with Crippen LogP contribution in [0.1, 0.15) is 18.4 Å². The summed E-state index contributed by atoms with van der Waals surface area (Å²) in [6, 6.07) is 54.0. The molecular formula is C34H34Si2. The molecule has 1 unspecified atom stereocenters. The van der Waals surface area contributed by atoms with E-state index in [4.69, 9.17) is 0 Å². The van der Waals surface area contributed by atoms with Crippen LogP contribution in [0.2, 0.25) is 5.16 Å². The van der Waals surface area contributed by atoms with Crippen LogP contribution < -0.4 is 15.6 Å². The first kappa shape index (κ1) is 24.2. The van der Waals surface area contributed by atoms with Crippen molar-refractivity contribution in [1.29, 1.82) is 0 Å². The minimum atomic E-state index is -1.35. The molecule has 0 saturated heterocycles. The largest absolute Gasteiger partial charge is 0.103 e. The molecule has 0 heterocycles. The molecule has 2 heteroatoms. The van der Waals surface area contributed by atoms with Crippen molar-refractivity contribution in [2.75, 3.05) is 0 Å². The third kappa shape index (κ3) is 6.40. The van der Waals surface area contributed by atoms with Crippen molar-refractivity contribution in [3.05, 3.63) is 151 Å². The maximum absolute atomic E-state index is 2.39. The topological polar surface area (TPSA) is 0 Å². The molecule has 5 aromatic rings. The zero-order valence-corrected chi connectivity index (χ0v) is 23.4. The van der Waals surface area contributed by atoms with Crippen molar-refractivity contribution in [3.8, 4) is 11.1 Å². The second-order valence-electron chi connectivity index (χ2n) is 9.70. The molecule has 0 radical (unpaired) electrons. The zero-order chi connectivity index (χ0) is 24.4. The summed E-state index contributed by atoms with van der Waals surface area (Å²) >= 11 is 0. The minimum absolute atomic E-state index is 0.412. The Kier molecular flexibility index (Phi) is 8.40. The quantitative estimate of drug-likeness (QED) is 0.222. The highest BCUT2D eigenvalue weighted by atomic mass is 28.3. The first-order valence-corrected chi connectivity index (χ1v) is 16.5. The van der Waals surface area contributed by atoms with Gasteiger partial charge in [0.15, 0.2) is 0 Å². The van der Waals surface area contributed by atoms with Gasteiger partial charge in [0.1, 0.15) is 8.80 Å². The Labute approximate surface area is 220 Å². The van der Waals surface area contributed by atoms with Crippen LogP contribution in [0, 0.1) is 0 Å². The van der Waals surface area contributed by atoms with Crippen LogP contribution in [0.3, 0.4) is 0 Å². The molecule has 0 amide bonds. The lowest BCUT2D eigenvalue weighted by atomic mass is 10.0. The molecule has 0 bridgehead atoms. The molecule has 0 saturated carbocycles. The van der Waals surface area contributed by atoms with Gasteiger partial charge in [-0.15, -0.1) is 0 Å². The Morgan fingerprint density at radius 3 is 1.53 bits per heavy atom. The zero-order valence-electron chi connectivity index (χ0n) is 20.8. The monoisotopic (exact) mass is 498 g/mol. The van der Waals surface area contributed by atoms with E-state index in [0.29, 0.717) is 0 Å². The van der Waals surface area contributed by atoms with Gasteiger partial charge < -0.3 is 0 Å². The normalized spacial score (nSPS) is 12.2. The Morgan fingerprint density at radius 1 is 0.500 bits per heavy atom. The SMILES string of the molecule is c1ccc([SiH2]C(CCCc2ccc(-c3ccccc3)cc2)[SiH](c2ccccc2)c2ccccc2)cc1. The highest BCUT2D eigenvalue weighted by molar-refractivity contribution is 6.93. The Hall–Kier alpha value is -3.47. The number of rotatable bonds is 10. The van der Waals surface area contributed by atoms with Gasteiger partial charge in [0.05, 0.1) is 9.52 Å². The molecule has 0 aromatic heterocycles. The molecule has 178 valence electrons. The van der Waals surface area contributed by atoms with Gasteiger partial charge in [-0.05, 0) is 34.7 Å². The lowest BCUT2D eigenvalue weighted by Gasteiger charge is -2.27. The Morgan fingerprint density at radius 2 is 0.972 bits per heavy atom. The molecule has 0 fully saturated rings. The van der Waals surface area contributed by atoms with E-state index in [0.717, 1.165) is 11.6 Å². The van der Waals surface area contributed by atoms with Crippen LogP contribution >= 0.6 is 0 Å². The summed E-state index contributed by atoms with van der Waals surface area (Å²) in [5.74, 6) is 0. The first-order valence-electron chi connectivity index (χ1n) is 13.1. The minimum Gasteiger partial charge on any atom is -0.0669 e. The molecule has 0 spiro atoms. The maximum Gasteiger partial charge on any atom is 0.103 e. The summed E-state index contributed by atoms with van der Waals surface area (Å²) in [4.78, 5) is 0. The van der Waals surface area contributed by atoms with E-state index in [2.05, 4.69) is 146 Å². The molecule has 0 N–H and O–H groups in total. The van der Waals surface area contributed by atoms with Crippen LogP contribution in [0.5, 0.6) is 0 Å². The fourth-order valence-corrected chi connectivity index (χ4v) is 13.8. The van der Waals surface area contributed by atoms with Gasteiger partial charge in [0.2, 0.25) is 0 Å². The fourth-order valence-electron chi connectivity index (χ4n) is 5.42. The Bertz CT molecular complexity index is 1260. The molecular weight excluding hydrogens is 465 g/mol. The molecule has 5 rings (SSSR count). The van der Waals surface area contributed by atoms with Crippen LogP contribution in [0.25, 0.3) is 11.1 Å². The molecule has 0 aliphatic rings. The lowest BCUT2D eigenvalue weighted by molar-refractivity contribution is 0.766. The molecule has 0 nitrogen and oxygen atoms in total. The third-order valence-electron chi connectivity index (χ3n) is 7.23. The summed E-state index contributed by atoms with van der Waals surface area (Å²) < 4.78 is 0. The van der Waals surface area contributed by atoms with Gasteiger partial charge >= 0.3 is 0 Å². The van der Waals surface area contributed by atoms with Crippen LogP contribution in [-0.4, -0.2) is 18.3 Å². The van der Waals surface area contributed by atoms with Crippen molar-refractivity contribution >= 4 is 33.9 Å². The maximum atomic E-state index is 2.39. The summed E-state index contributed by atoms with van der Waals surface area (Å²) in [6.45, 7) is 0. The second-order valence-corrected chi connectivity index (χ2v) is 16.2. The van der Waals surface area contributed by atoms with Gasteiger partial charge in [-0.2, -0.15) is 0 Å². The summed E-state index contributed by atoms with van der Waals surface area (Å²) in [5.41, 5.74) is 4.04. The standard InChI is InChI=1S/C34H34Si2/c1-5-15-29(16-6-1)30-26-24-28(25-27-30)14-13-23-34(35-31-17-7-2-8-18-31)36(32-19-9-3-10-20-32)33-21-11-4-12-22-33/h1-12,15-22,24-27,34,36H,13-14,23,35H2. The van der Waals surface area contributed by atoms with E-state index in [1.807, 2.05) is 0 Å².